The zero-order chi connectivity index (χ0) is 14.6. The molecule has 4 nitrogen and oxygen atoms in total. The maximum atomic E-state index is 13.7. The summed E-state index contributed by atoms with van der Waals surface area (Å²) < 4.78 is 39.2. The number of anilines is 1. The van der Waals surface area contributed by atoms with Gasteiger partial charge in [0.25, 0.3) is 0 Å². The maximum Gasteiger partial charge on any atom is 0.214 e. The third-order valence-electron chi connectivity index (χ3n) is 3.36. The molecule has 0 atom stereocenters. The fraction of sp³-hybridized carbons (Fsp3) is 0.538. The number of rotatable bonds is 5. The third kappa shape index (κ3) is 3.62. The van der Waals surface area contributed by atoms with Crippen LogP contribution in [0.4, 0.5) is 10.1 Å². The molecule has 1 saturated heterocycles. The largest absolute Gasteiger partial charge is 0.367 e. The van der Waals surface area contributed by atoms with Crippen LogP contribution in [0.15, 0.2) is 24.3 Å². The first kappa shape index (κ1) is 15.5. The Hall–Kier alpha value is -0.850. The van der Waals surface area contributed by atoms with E-state index in [-0.39, 0.29) is 11.6 Å². The second kappa shape index (κ2) is 6.74. The molecule has 1 aliphatic rings. The van der Waals surface area contributed by atoms with Crippen LogP contribution in [-0.2, 0) is 10.0 Å². The van der Waals surface area contributed by atoms with Gasteiger partial charge in [-0.15, -0.1) is 11.6 Å². The van der Waals surface area contributed by atoms with Gasteiger partial charge in [0.2, 0.25) is 10.0 Å². The van der Waals surface area contributed by atoms with Crippen LogP contribution in [0.25, 0.3) is 0 Å². The van der Waals surface area contributed by atoms with Crippen molar-refractivity contribution in [3.05, 3.63) is 30.1 Å². The average molecular weight is 321 g/mol. The number of hydrogen-bond donors (Lipinski definition) is 0. The van der Waals surface area contributed by atoms with Crippen molar-refractivity contribution in [3.8, 4) is 0 Å². The molecule has 112 valence electrons. The van der Waals surface area contributed by atoms with Crippen LogP contribution in [0, 0.1) is 5.82 Å². The molecule has 0 amide bonds. The third-order valence-corrected chi connectivity index (χ3v) is 5.58. The lowest BCUT2D eigenvalue weighted by atomic mass is 10.2. The monoisotopic (exact) mass is 320 g/mol. The molecule has 20 heavy (non-hydrogen) atoms. The standard InChI is InChI=1S/C13H18ClFN2O2S/c14-6-3-11-20(18,19)17-9-7-16(8-10-17)13-5-2-1-4-12(13)15/h1-2,4-5H,3,6-11H2. The number of nitrogens with zero attached hydrogens (tertiary/aromatic N) is 2. The second-order valence-corrected chi connectivity index (χ2v) is 7.16. The van der Waals surface area contributed by atoms with E-state index in [0.717, 1.165) is 0 Å². The highest BCUT2D eigenvalue weighted by molar-refractivity contribution is 7.89. The lowest BCUT2D eigenvalue weighted by Gasteiger charge is -2.35. The fourth-order valence-electron chi connectivity index (χ4n) is 2.28. The van der Waals surface area contributed by atoms with Crippen molar-refractivity contribution in [2.45, 2.75) is 6.42 Å². The molecule has 0 unspecified atom stereocenters. The topological polar surface area (TPSA) is 40.6 Å². The summed E-state index contributed by atoms with van der Waals surface area (Å²) in [6, 6.07) is 6.56. The van der Waals surface area contributed by atoms with E-state index in [2.05, 4.69) is 0 Å². The second-order valence-electron chi connectivity index (χ2n) is 4.70. The summed E-state index contributed by atoms with van der Waals surface area (Å²) in [6.07, 6.45) is 0.456. The van der Waals surface area contributed by atoms with Crippen molar-refractivity contribution in [2.75, 3.05) is 42.7 Å². The van der Waals surface area contributed by atoms with Crippen molar-refractivity contribution in [2.24, 2.45) is 0 Å². The molecular formula is C13H18ClFN2O2S. The lowest BCUT2D eigenvalue weighted by Crippen LogP contribution is -2.49. The summed E-state index contributed by atoms with van der Waals surface area (Å²) >= 11 is 5.53. The normalized spacial score (nSPS) is 17.4. The molecule has 0 aromatic heterocycles. The van der Waals surface area contributed by atoms with E-state index in [9.17, 15) is 12.8 Å². The van der Waals surface area contributed by atoms with Gasteiger partial charge in [0.1, 0.15) is 5.82 Å². The predicted octanol–water partition coefficient (Wildman–Crippen LogP) is 1.91. The smallest absolute Gasteiger partial charge is 0.214 e. The fourth-order valence-corrected chi connectivity index (χ4v) is 4.06. The predicted molar refractivity (Wildman–Crippen MR) is 79.3 cm³/mol. The van der Waals surface area contributed by atoms with Gasteiger partial charge in [-0.05, 0) is 18.6 Å². The van der Waals surface area contributed by atoms with E-state index in [1.165, 1.54) is 10.4 Å². The van der Waals surface area contributed by atoms with E-state index in [1.807, 2.05) is 4.90 Å². The highest BCUT2D eigenvalue weighted by Gasteiger charge is 2.27. The summed E-state index contributed by atoms with van der Waals surface area (Å²) in [5.74, 6) is 0.149. The van der Waals surface area contributed by atoms with Crippen LogP contribution >= 0.6 is 11.6 Å². The Labute approximate surface area is 124 Å². The number of alkyl halides is 1. The van der Waals surface area contributed by atoms with Gasteiger partial charge in [0.15, 0.2) is 0 Å². The summed E-state index contributed by atoms with van der Waals surface area (Å²) in [6.45, 7) is 1.78. The minimum Gasteiger partial charge on any atom is -0.367 e. The Morgan fingerprint density at radius 3 is 2.40 bits per heavy atom. The molecule has 0 spiro atoms. The van der Waals surface area contributed by atoms with Crippen LogP contribution in [0.3, 0.4) is 0 Å². The van der Waals surface area contributed by atoms with Crippen molar-refractivity contribution in [1.29, 1.82) is 0 Å². The Morgan fingerprint density at radius 2 is 1.80 bits per heavy atom. The van der Waals surface area contributed by atoms with Crippen molar-refractivity contribution in [3.63, 3.8) is 0 Å². The number of benzene rings is 1. The van der Waals surface area contributed by atoms with Gasteiger partial charge in [-0.1, -0.05) is 12.1 Å². The van der Waals surface area contributed by atoms with Gasteiger partial charge in [-0.25, -0.2) is 12.8 Å². The average Bonchev–Trinajstić information content (AvgIpc) is 2.46. The van der Waals surface area contributed by atoms with Crippen molar-refractivity contribution >= 4 is 27.3 Å². The molecule has 1 aromatic rings. The van der Waals surface area contributed by atoms with Gasteiger partial charge in [0, 0.05) is 32.1 Å². The number of hydrogen-bond acceptors (Lipinski definition) is 3. The van der Waals surface area contributed by atoms with E-state index in [0.29, 0.717) is 44.2 Å². The molecule has 1 aromatic carbocycles. The lowest BCUT2D eigenvalue weighted by molar-refractivity contribution is 0.383. The zero-order valence-electron chi connectivity index (χ0n) is 11.1. The van der Waals surface area contributed by atoms with Crippen LogP contribution < -0.4 is 4.90 Å². The van der Waals surface area contributed by atoms with E-state index >= 15 is 0 Å². The number of para-hydroxylation sites is 1. The van der Waals surface area contributed by atoms with Gasteiger partial charge < -0.3 is 4.90 Å². The molecule has 1 aliphatic heterocycles. The Morgan fingerprint density at radius 1 is 1.15 bits per heavy atom. The maximum absolute atomic E-state index is 13.7. The first-order valence-corrected chi connectivity index (χ1v) is 8.72. The molecule has 1 heterocycles. The first-order valence-electron chi connectivity index (χ1n) is 6.58. The first-order chi connectivity index (χ1) is 9.54. The molecule has 0 aliphatic carbocycles. The Balaban J connectivity index is 1.98. The molecule has 2 rings (SSSR count). The van der Waals surface area contributed by atoms with Gasteiger partial charge in [-0.2, -0.15) is 4.31 Å². The number of halogens is 2. The van der Waals surface area contributed by atoms with Gasteiger partial charge in [0.05, 0.1) is 11.4 Å². The molecule has 0 radical (unpaired) electrons. The molecule has 0 bridgehead atoms. The minimum atomic E-state index is -3.23. The highest BCUT2D eigenvalue weighted by Crippen LogP contribution is 2.21. The quantitative estimate of drug-likeness (QED) is 0.778. The molecule has 1 fully saturated rings. The highest BCUT2D eigenvalue weighted by atomic mass is 35.5. The molecule has 0 saturated carbocycles. The molecule has 7 heteroatoms. The number of sulfonamides is 1. The molecular weight excluding hydrogens is 303 g/mol. The van der Waals surface area contributed by atoms with Crippen LogP contribution in [-0.4, -0.2) is 50.5 Å². The number of piperazine rings is 1. The zero-order valence-corrected chi connectivity index (χ0v) is 12.7. The minimum absolute atomic E-state index is 0.0796. The van der Waals surface area contributed by atoms with Crippen LogP contribution in [0.5, 0.6) is 0 Å². The van der Waals surface area contributed by atoms with E-state index in [4.69, 9.17) is 11.6 Å². The Bertz CT molecular complexity index is 545. The summed E-state index contributed by atoms with van der Waals surface area (Å²) in [5.41, 5.74) is 0.533. The van der Waals surface area contributed by atoms with Crippen molar-refractivity contribution < 1.29 is 12.8 Å². The summed E-state index contributed by atoms with van der Waals surface area (Å²) in [4.78, 5) is 1.88. The van der Waals surface area contributed by atoms with E-state index < -0.39 is 10.0 Å². The van der Waals surface area contributed by atoms with Gasteiger partial charge in [-0.3, -0.25) is 0 Å². The van der Waals surface area contributed by atoms with Crippen LogP contribution in [0.2, 0.25) is 0 Å². The van der Waals surface area contributed by atoms with Crippen molar-refractivity contribution in [1.82, 2.24) is 4.31 Å². The van der Waals surface area contributed by atoms with Gasteiger partial charge >= 0.3 is 0 Å². The molecule has 0 N–H and O–H groups in total. The van der Waals surface area contributed by atoms with Crippen LogP contribution in [0.1, 0.15) is 6.42 Å². The SMILES string of the molecule is O=S(=O)(CCCCl)N1CCN(c2ccccc2F)CC1. The summed E-state index contributed by atoms with van der Waals surface area (Å²) in [5, 5.41) is 0. The van der Waals surface area contributed by atoms with E-state index in [1.54, 1.807) is 18.2 Å². The Kier molecular flexibility index (Phi) is 5.23. The summed E-state index contributed by atoms with van der Waals surface area (Å²) in [7, 11) is -3.23.